The third-order valence-corrected chi connectivity index (χ3v) is 5.89. The standard InChI is InChI=1S/C20H19BrFNO2S/c1-2-25-17(24)9-8-16-23-18(19(21)26-16)20(22)12-10-15(11-13-20)14-6-4-3-5-7-14/h3-7,10-12H,2,8-9,13H2,1H3. The second-order valence-corrected chi connectivity index (χ2v) is 8.36. The van der Waals surface area contributed by atoms with E-state index in [-0.39, 0.29) is 18.8 Å². The maximum atomic E-state index is 15.5. The van der Waals surface area contributed by atoms with E-state index in [1.165, 1.54) is 11.3 Å². The number of aryl methyl sites for hydroxylation is 1. The van der Waals surface area contributed by atoms with Gasteiger partial charge in [0.15, 0.2) is 5.67 Å². The molecule has 1 aromatic heterocycles. The zero-order chi connectivity index (χ0) is 18.6. The molecule has 0 spiro atoms. The average molecular weight is 436 g/mol. The van der Waals surface area contributed by atoms with Gasteiger partial charge in [0.05, 0.1) is 21.8 Å². The molecule has 0 N–H and O–H groups in total. The van der Waals surface area contributed by atoms with Crippen LogP contribution in [0.4, 0.5) is 4.39 Å². The molecule has 0 saturated carbocycles. The minimum Gasteiger partial charge on any atom is -0.466 e. The molecule has 1 aromatic carbocycles. The van der Waals surface area contributed by atoms with E-state index in [1.54, 1.807) is 13.0 Å². The lowest BCUT2D eigenvalue weighted by atomic mass is 9.89. The molecule has 1 heterocycles. The summed E-state index contributed by atoms with van der Waals surface area (Å²) < 4.78 is 21.1. The number of ether oxygens (including phenoxy) is 1. The highest BCUT2D eigenvalue weighted by molar-refractivity contribution is 9.11. The number of esters is 1. The number of benzene rings is 1. The van der Waals surface area contributed by atoms with Crippen molar-refractivity contribution in [2.24, 2.45) is 0 Å². The fourth-order valence-electron chi connectivity index (χ4n) is 2.79. The highest BCUT2D eigenvalue weighted by Crippen LogP contribution is 2.42. The fraction of sp³-hybridized carbons (Fsp3) is 0.300. The molecule has 0 amide bonds. The van der Waals surface area contributed by atoms with Crippen LogP contribution < -0.4 is 0 Å². The molecule has 3 nitrogen and oxygen atoms in total. The highest BCUT2D eigenvalue weighted by Gasteiger charge is 2.35. The van der Waals surface area contributed by atoms with E-state index >= 15 is 4.39 Å². The van der Waals surface area contributed by atoms with Gasteiger partial charge >= 0.3 is 5.97 Å². The predicted octanol–water partition coefficient (Wildman–Crippen LogP) is 5.61. The molecular formula is C20H19BrFNO2S. The summed E-state index contributed by atoms with van der Waals surface area (Å²) >= 11 is 4.80. The van der Waals surface area contributed by atoms with E-state index < -0.39 is 5.67 Å². The Hall–Kier alpha value is -1.79. The van der Waals surface area contributed by atoms with Crippen molar-refractivity contribution in [2.75, 3.05) is 6.61 Å². The lowest BCUT2D eigenvalue weighted by Crippen LogP contribution is -2.19. The molecule has 0 radical (unpaired) electrons. The number of rotatable bonds is 6. The molecule has 0 aliphatic heterocycles. The number of hydrogen-bond donors (Lipinski definition) is 0. The number of alkyl halides is 1. The Bertz CT molecular complexity index is 847. The van der Waals surface area contributed by atoms with Crippen molar-refractivity contribution in [3.05, 3.63) is 68.6 Å². The monoisotopic (exact) mass is 435 g/mol. The van der Waals surface area contributed by atoms with Crippen molar-refractivity contribution in [3.63, 3.8) is 0 Å². The molecule has 6 heteroatoms. The summed E-state index contributed by atoms with van der Waals surface area (Å²) in [5.41, 5.74) is 0.808. The van der Waals surface area contributed by atoms with Crippen LogP contribution in [-0.2, 0) is 21.6 Å². The quantitative estimate of drug-likeness (QED) is 0.553. The molecule has 3 rings (SSSR count). The molecule has 26 heavy (non-hydrogen) atoms. The first kappa shape index (κ1) is 19.0. The van der Waals surface area contributed by atoms with E-state index in [1.807, 2.05) is 42.5 Å². The number of thiazole rings is 1. The molecule has 2 aromatic rings. The molecule has 136 valence electrons. The number of halogens is 2. The van der Waals surface area contributed by atoms with Crippen LogP contribution in [0, 0.1) is 0 Å². The SMILES string of the molecule is CCOC(=O)CCc1nc(C2(F)C=CC(c3ccccc3)=CC2)c(Br)s1. The van der Waals surface area contributed by atoms with Gasteiger partial charge in [-0.1, -0.05) is 42.5 Å². The Morgan fingerprint density at radius 3 is 2.81 bits per heavy atom. The molecule has 0 saturated heterocycles. The second kappa shape index (κ2) is 8.27. The van der Waals surface area contributed by atoms with Gasteiger partial charge in [-0.25, -0.2) is 9.37 Å². The lowest BCUT2D eigenvalue weighted by Gasteiger charge is -2.23. The molecular weight excluding hydrogens is 417 g/mol. The Morgan fingerprint density at radius 2 is 2.15 bits per heavy atom. The summed E-state index contributed by atoms with van der Waals surface area (Å²) in [5, 5.41) is 0.725. The number of nitrogens with zero attached hydrogens (tertiary/aromatic N) is 1. The largest absolute Gasteiger partial charge is 0.466 e. The van der Waals surface area contributed by atoms with E-state index in [2.05, 4.69) is 20.9 Å². The van der Waals surface area contributed by atoms with E-state index in [0.717, 1.165) is 16.1 Å². The van der Waals surface area contributed by atoms with Crippen LogP contribution in [-0.4, -0.2) is 17.6 Å². The van der Waals surface area contributed by atoms with Crippen molar-refractivity contribution in [3.8, 4) is 0 Å². The number of aromatic nitrogens is 1. The van der Waals surface area contributed by atoms with Gasteiger partial charge in [0.25, 0.3) is 0 Å². The highest BCUT2D eigenvalue weighted by atomic mass is 79.9. The average Bonchev–Trinajstić information content (AvgIpc) is 3.03. The van der Waals surface area contributed by atoms with Crippen molar-refractivity contribution < 1.29 is 13.9 Å². The first-order chi connectivity index (χ1) is 12.5. The molecule has 1 unspecified atom stereocenters. The third-order valence-electron chi connectivity index (χ3n) is 4.13. The third kappa shape index (κ3) is 4.30. The van der Waals surface area contributed by atoms with Crippen LogP contribution >= 0.6 is 27.3 Å². The molecule has 0 bridgehead atoms. The number of allylic oxidation sites excluding steroid dienone is 4. The fourth-order valence-corrected chi connectivity index (χ4v) is 4.62. The Labute approximate surface area is 164 Å². The van der Waals surface area contributed by atoms with Gasteiger partial charge in [-0.3, -0.25) is 4.79 Å². The number of carbonyl (C=O) groups excluding carboxylic acids is 1. The smallest absolute Gasteiger partial charge is 0.306 e. The van der Waals surface area contributed by atoms with Crippen LogP contribution in [0.25, 0.3) is 5.57 Å². The topological polar surface area (TPSA) is 39.2 Å². The van der Waals surface area contributed by atoms with Crippen LogP contribution in [0.1, 0.15) is 36.0 Å². The van der Waals surface area contributed by atoms with Gasteiger partial charge in [-0.2, -0.15) is 0 Å². The van der Waals surface area contributed by atoms with Crippen molar-refractivity contribution >= 4 is 38.8 Å². The number of hydrogen-bond acceptors (Lipinski definition) is 4. The van der Waals surface area contributed by atoms with Crippen molar-refractivity contribution in [2.45, 2.75) is 31.9 Å². The Balaban J connectivity index is 1.72. The lowest BCUT2D eigenvalue weighted by molar-refractivity contribution is -0.143. The van der Waals surface area contributed by atoms with Crippen LogP contribution in [0.3, 0.4) is 0 Å². The van der Waals surface area contributed by atoms with Gasteiger partial charge in [0.1, 0.15) is 5.69 Å². The summed E-state index contributed by atoms with van der Waals surface area (Å²) in [6.07, 6.45) is 6.22. The van der Waals surface area contributed by atoms with Gasteiger partial charge < -0.3 is 4.74 Å². The summed E-state index contributed by atoms with van der Waals surface area (Å²) in [6, 6.07) is 9.91. The van der Waals surface area contributed by atoms with Gasteiger partial charge in [0.2, 0.25) is 0 Å². The van der Waals surface area contributed by atoms with Gasteiger partial charge in [-0.15, -0.1) is 11.3 Å². The minimum atomic E-state index is -1.64. The molecule has 0 fully saturated rings. The van der Waals surface area contributed by atoms with Gasteiger partial charge in [0, 0.05) is 12.8 Å². The van der Waals surface area contributed by atoms with E-state index in [4.69, 9.17) is 4.74 Å². The van der Waals surface area contributed by atoms with E-state index in [0.29, 0.717) is 22.5 Å². The first-order valence-corrected chi connectivity index (χ1v) is 10.1. The van der Waals surface area contributed by atoms with Crippen molar-refractivity contribution in [1.29, 1.82) is 0 Å². The normalized spacial score (nSPS) is 19.3. The first-order valence-electron chi connectivity index (χ1n) is 8.47. The molecule has 1 aliphatic rings. The van der Waals surface area contributed by atoms with Crippen LogP contribution in [0.5, 0.6) is 0 Å². The van der Waals surface area contributed by atoms with Crippen molar-refractivity contribution in [1.82, 2.24) is 4.98 Å². The summed E-state index contributed by atoms with van der Waals surface area (Å²) in [5.74, 6) is -0.261. The maximum Gasteiger partial charge on any atom is 0.306 e. The minimum absolute atomic E-state index is 0.230. The molecule has 1 aliphatic carbocycles. The maximum absolute atomic E-state index is 15.5. The van der Waals surface area contributed by atoms with Crippen LogP contribution in [0.15, 0.2) is 52.3 Å². The van der Waals surface area contributed by atoms with Crippen LogP contribution in [0.2, 0.25) is 0 Å². The Morgan fingerprint density at radius 1 is 1.38 bits per heavy atom. The number of carbonyl (C=O) groups is 1. The zero-order valence-corrected chi connectivity index (χ0v) is 16.8. The van der Waals surface area contributed by atoms with Gasteiger partial charge in [-0.05, 0) is 40.1 Å². The summed E-state index contributed by atoms with van der Waals surface area (Å²) in [4.78, 5) is 15.9. The summed E-state index contributed by atoms with van der Waals surface area (Å²) in [7, 11) is 0. The Kier molecular flexibility index (Phi) is 6.04. The van der Waals surface area contributed by atoms with E-state index in [9.17, 15) is 4.79 Å². The molecule has 1 atom stereocenters. The predicted molar refractivity (Wildman–Crippen MR) is 106 cm³/mol. The summed E-state index contributed by atoms with van der Waals surface area (Å²) in [6.45, 7) is 2.13. The second-order valence-electron chi connectivity index (χ2n) is 5.96. The zero-order valence-electron chi connectivity index (χ0n) is 14.4.